The van der Waals surface area contributed by atoms with Crippen molar-refractivity contribution in [1.29, 1.82) is 0 Å². The van der Waals surface area contributed by atoms with Gasteiger partial charge in [-0.25, -0.2) is 0 Å². The molecule has 0 saturated carbocycles. The fourth-order valence-corrected chi connectivity index (χ4v) is 3.16. The summed E-state index contributed by atoms with van der Waals surface area (Å²) in [6.45, 7) is 0. The number of methoxy groups -OCH3 is 1. The molecule has 0 spiro atoms. The number of hydrogen-bond donors (Lipinski definition) is 0. The van der Waals surface area contributed by atoms with Crippen LogP contribution < -0.4 is 4.74 Å². The molecule has 1 aromatic carbocycles. The molecule has 0 bridgehead atoms. The minimum atomic E-state index is 0.704. The van der Waals surface area contributed by atoms with Crippen LogP contribution in [-0.4, -0.2) is 7.11 Å². The summed E-state index contributed by atoms with van der Waals surface area (Å²) in [7, 11) is 1.65. The highest BCUT2D eigenvalue weighted by molar-refractivity contribution is 9.08. The number of hydrogen-bond acceptors (Lipinski definition) is 2. The van der Waals surface area contributed by atoms with Gasteiger partial charge in [-0.3, -0.25) is 0 Å². The first kappa shape index (κ1) is 10.3. The van der Waals surface area contributed by atoms with Gasteiger partial charge in [0.15, 0.2) is 0 Å². The van der Waals surface area contributed by atoms with Crippen LogP contribution in [0.2, 0.25) is 5.02 Å². The van der Waals surface area contributed by atoms with Crippen molar-refractivity contribution in [3.63, 3.8) is 0 Å². The molecule has 0 unspecified atom stereocenters. The lowest BCUT2D eigenvalue weighted by molar-refractivity contribution is 0.420. The third-order valence-corrected chi connectivity index (χ3v) is 3.96. The van der Waals surface area contributed by atoms with Crippen LogP contribution in [0.3, 0.4) is 0 Å². The SMILES string of the molecule is COc1c(Cl)c(CBr)cc2sccc12. The van der Waals surface area contributed by atoms with Gasteiger partial charge in [-0.15, -0.1) is 11.3 Å². The molecule has 2 rings (SSSR count). The molecule has 0 fully saturated rings. The molecule has 14 heavy (non-hydrogen) atoms. The second-order valence-electron chi connectivity index (χ2n) is 2.85. The maximum atomic E-state index is 6.19. The van der Waals surface area contributed by atoms with E-state index < -0.39 is 0 Å². The molecule has 1 nitrogen and oxygen atoms in total. The summed E-state index contributed by atoms with van der Waals surface area (Å²) >= 11 is 11.3. The molecule has 1 aromatic heterocycles. The first-order valence-electron chi connectivity index (χ1n) is 4.06. The summed E-state index contributed by atoms with van der Waals surface area (Å²) < 4.78 is 6.52. The quantitative estimate of drug-likeness (QED) is 0.742. The molecule has 0 aliphatic rings. The fraction of sp³-hybridized carbons (Fsp3) is 0.200. The van der Waals surface area contributed by atoms with Crippen LogP contribution in [0.25, 0.3) is 10.1 Å². The van der Waals surface area contributed by atoms with Crippen LogP contribution in [0, 0.1) is 0 Å². The van der Waals surface area contributed by atoms with Crippen LogP contribution in [0.1, 0.15) is 5.56 Å². The first-order valence-corrected chi connectivity index (χ1v) is 6.44. The molecule has 0 saturated heterocycles. The monoisotopic (exact) mass is 290 g/mol. The highest BCUT2D eigenvalue weighted by Gasteiger charge is 2.12. The molecule has 0 aliphatic heterocycles. The van der Waals surface area contributed by atoms with E-state index in [-0.39, 0.29) is 0 Å². The number of benzene rings is 1. The van der Waals surface area contributed by atoms with Crippen LogP contribution in [-0.2, 0) is 5.33 Å². The van der Waals surface area contributed by atoms with Crippen molar-refractivity contribution < 1.29 is 4.74 Å². The predicted octanol–water partition coefficient (Wildman–Crippen LogP) is 4.46. The molecule has 0 atom stereocenters. The van der Waals surface area contributed by atoms with Gasteiger partial charge in [0.05, 0.1) is 12.1 Å². The normalized spacial score (nSPS) is 10.8. The number of alkyl halides is 1. The number of ether oxygens (including phenoxy) is 1. The van der Waals surface area contributed by atoms with E-state index in [2.05, 4.69) is 22.0 Å². The van der Waals surface area contributed by atoms with E-state index in [1.54, 1.807) is 18.4 Å². The maximum Gasteiger partial charge on any atom is 0.146 e. The highest BCUT2D eigenvalue weighted by Crippen LogP contribution is 2.39. The van der Waals surface area contributed by atoms with E-state index in [9.17, 15) is 0 Å². The lowest BCUT2D eigenvalue weighted by atomic mass is 10.2. The second-order valence-corrected chi connectivity index (χ2v) is 4.74. The summed E-state index contributed by atoms with van der Waals surface area (Å²) in [6.07, 6.45) is 0. The summed E-state index contributed by atoms with van der Waals surface area (Å²) in [5.74, 6) is 0.778. The maximum absolute atomic E-state index is 6.19. The van der Waals surface area contributed by atoms with E-state index in [1.165, 1.54) is 4.70 Å². The van der Waals surface area contributed by atoms with E-state index in [0.29, 0.717) is 5.02 Å². The zero-order chi connectivity index (χ0) is 10.1. The topological polar surface area (TPSA) is 9.23 Å². The Labute approximate surface area is 99.8 Å². The molecular weight excluding hydrogens is 284 g/mol. The largest absolute Gasteiger partial charge is 0.494 e. The van der Waals surface area contributed by atoms with Gasteiger partial charge in [0.1, 0.15) is 5.75 Å². The zero-order valence-corrected chi connectivity index (χ0v) is 10.7. The Balaban J connectivity index is 2.80. The van der Waals surface area contributed by atoms with Gasteiger partial charge < -0.3 is 4.74 Å². The van der Waals surface area contributed by atoms with Crippen molar-refractivity contribution in [1.82, 2.24) is 0 Å². The van der Waals surface area contributed by atoms with Gasteiger partial charge in [-0.05, 0) is 23.1 Å². The van der Waals surface area contributed by atoms with Gasteiger partial charge in [-0.1, -0.05) is 27.5 Å². The van der Waals surface area contributed by atoms with Gasteiger partial charge >= 0.3 is 0 Å². The van der Waals surface area contributed by atoms with Crippen molar-refractivity contribution in [2.24, 2.45) is 0 Å². The second kappa shape index (κ2) is 4.09. The number of thiophene rings is 1. The lowest BCUT2D eigenvalue weighted by Gasteiger charge is -2.08. The zero-order valence-electron chi connectivity index (χ0n) is 7.51. The number of fused-ring (bicyclic) bond motifs is 1. The van der Waals surface area contributed by atoms with Crippen LogP contribution >= 0.6 is 38.9 Å². The average Bonchev–Trinajstić information content (AvgIpc) is 2.64. The molecule has 1 heterocycles. The standard InChI is InChI=1S/C10H8BrClOS/c1-13-10-7-2-3-14-8(7)4-6(5-11)9(10)12/h2-4H,5H2,1H3. The molecule has 0 amide bonds. The molecule has 74 valence electrons. The Morgan fingerprint density at radius 2 is 2.36 bits per heavy atom. The third kappa shape index (κ3) is 1.53. The van der Waals surface area contributed by atoms with Gasteiger partial charge in [0, 0.05) is 15.4 Å². The molecule has 4 heteroatoms. The summed E-state index contributed by atoms with van der Waals surface area (Å²) in [5.41, 5.74) is 1.07. The van der Waals surface area contributed by atoms with E-state index in [0.717, 1.165) is 22.0 Å². The molecule has 0 aliphatic carbocycles. The molecular formula is C10H8BrClOS. The Hall–Kier alpha value is -0.250. The van der Waals surface area contributed by atoms with Crippen LogP contribution in [0.4, 0.5) is 0 Å². The van der Waals surface area contributed by atoms with Crippen LogP contribution in [0.15, 0.2) is 17.5 Å². The Morgan fingerprint density at radius 3 is 3.00 bits per heavy atom. The van der Waals surface area contributed by atoms with Gasteiger partial charge in [-0.2, -0.15) is 0 Å². The Kier molecular flexibility index (Phi) is 3.00. The van der Waals surface area contributed by atoms with Crippen molar-refractivity contribution in [2.45, 2.75) is 5.33 Å². The lowest BCUT2D eigenvalue weighted by Crippen LogP contribution is -1.88. The minimum absolute atomic E-state index is 0.704. The van der Waals surface area contributed by atoms with E-state index in [4.69, 9.17) is 16.3 Å². The molecule has 0 radical (unpaired) electrons. The predicted molar refractivity (Wildman–Crippen MR) is 66.0 cm³/mol. The van der Waals surface area contributed by atoms with Crippen molar-refractivity contribution in [2.75, 3.05) is 7.11 Å². The fourth-order valence-electron chi connectivity index (χ4n) is 1.40. The smallest absolute Gasteiger partial charge is 0.146 e. The average molecular weight is 292 g/mol. The van der Waals surface area contributed by atoms with Crippen molar-refractivity contribution >= 4 is 49.0 Å². The van der Waals surface area contributed by atoms with Crippen LogP contribution in [0.5, 0.6) is 5.75 Å². The highest BCUT2D eigenvalue weighted by atomic mass is 79.9. The Morgan fingerprint density at radius 1 is 1.57 bits per heavy atom. The molecule has 2 aromatic rings. The number of halogens is 2. The molecule has 0 N–H and O–H groups in total. The van der Waals surface area contributed by atoms with E-state index in [1.807, 2.05) is 11.4 Å². The summed E-state index contributed by atoms with van der Waals surface area (Å²) in [6, 6.07) is 4.13. The first-order chi connectivity index (χ1) is 6.77. The van der Waals surface area contributed by atoms with E-state index >= 15 is 0 Å². The van der Waals surface area contributed by atoms with Gasteiger partial charge in [0.2, 0.25) is 0 Å². The van der Waals surface area contributed by atoms with Crippen molar-refractivity contribution in [3.8, 4) is 5.75 Å². The third-order valence-electron chi connectivity index (χ3n) is 2.07. The minimum Gasteiger partial charge on any atom is -0.494 e. The number of rotatable bonds is 2. The summed E-state index contributed by atoms with van der Waals surface area (Å²) in [4.78, 5) is 0. The Bertz CT molecular complexity index is 466. The van der Waals surface area contributed by atoms with Crippen molar-refractivity contribution in [3.05, 3.63) is 28.1 Å². The summed E-state index contributed by atoms with van der Waals surface area (Å²) in [5, 5.41) is 4.58. The van der Waals surface area contributed by atoms with Gasteiger partial charge in [0.25, 0.3) is 0 Å².